The fourth-order valence-electron chi connectivity index (χ4n) is 3.17. The van der Waals surface area contributed by atoms with E-state index in [0.29, 0.717) is 31.8 Å². The summed E-state index contributed by atoms with van der Waals surface area (Å²) in [6.07, 6.45) is 2.64. The fraction of sp³-hybridized carbons (Fsp3) is 0.706. The first-order valence-corrected chi connectivity index (χ1v) is 8.53. The number of nitrogens with zero attached hydrogens (tertiary/aromatic N) is 3. The van der Waals surface area contributed by atoms with Crippen molar-refractivity contribution in [2.45, 2.75) is 71.6 Å². The van der Waals surface area contributed by atoms with Gasteiger partial charge >= 0.3 is 6.09 Å². The molecule has 0 N–H and O–H groups in total. The number of carbonyl (C=O) groups excluding carboxylic acids is 2. The van der Waals surface area contributed by atoms with E-state index in [2.05, 4.69) is 5.16 Å². The van der Waals surface area contributed by atoms with Crippen LogP contribution in [0.2, 0.25) is 0 Å². The van der Waals surface area contributed by atoms with E-state index < -0.39 is 5.60 Å². The summed E-state index contributed by atoms with van der Waals surface area (Å²) >= 11 is 0. The van der Waals surface area contributed by atoms with Crippen LogP contribution >= 0.6 is 0 Å². The van der Waals surface area contributed by atoms with Gasteiger partial charge in [0.1, 0.15) is 5.60 Å². The van der Waals surface area contributed by atoms with Crippen molar-refractivity contribution in [3.8, 4) is 0 Å². The molecule has 1 fully saturated rings. The zero-order valence-electron chi connectivity index (χ0n) is 14.8. The van der Waals surface area contributed by atoms with E-state index in [1.807, 2.05) is 27.7 Å². The molecule has 7 heteroatoms. The summed E-state index contributed by atoms with van der Waals surface area (Å²) in [6.45, 7) is 8.51. The first kappa shape index (κ1) is 16.8. The number of piperidine rings is 1. The quantitative estimate of drug-likeness (QED) is 0.789. The molecule has 0 spiro atoms. The Morgan fingerprint density at radius 3 is 2.75 bits per heavy atom. The van der Waals surface area contributed by atoms with Gasteiger partial charge in [-0.25, -0.2) is 4.79 Å². The molecule has 2 aliphatic rings. The number of ether oxygens (including phenoxy) is 1. The number of aromatic nitrogens is 1. The standard InChI is InChI=1S/C17H25N3O4/c1-11-9-13-12(10-20(11)16(22)23-17(2,3)4)15(24-18-13)19-8-6-5-7-14(19)21/h11H,5-10H2,1-4H3/t11-/m0/s1. The highest BCUT2D eigenvalue weighted by Crippen LogP contribution is 2.33. The first-order chi connectivity index (χ1) is 11.3. The minimum atomic E-state index is -0.544. The Bertz CT molecular complexity index is 647. The van der Waals surface area contributed by atoms with Crippen LogP contribution in [-0.2, 0) is 22.5 Å². The van der Waals surface area contributed by atoms with Gasteiger partial charge in [0.25, 0.3) is 0 Å². The van der Waals surface area contributed by atoms with Crippen LogP contribution in [0.25, 0.3) is 0 Å². The Balaban J connectivity index is 1.84. The molecule has 3 heterocycles. The van der Waals surface area contributed by atoms with E-state index in [1.165, 1.54) is 0 Å². The van der Waals surface area contributed by atoms with Gasteiger partial charge in [-0.1, -0.05) is 5.16 Å². The largest absolute Gasteiger partial charge is 0.444 e. The van der Waals surface area contributed by atoms with Crippen molar-refractivity contribution >= 4 is 17.9 Å². The van der Waals surface area contributed by atoms with Crippen LogP contribution in [0, 0.1) is 0 Å². The minimum Gasteiger partial charge on any atom is -0.444 e. The Labute approximate surface area is 141 Å². The maximum Gasteiger partial charge on any atom is 0.410 e. The second kappa shape index (κ2) is 6.11. The summed E-state index contributed by atoms with van der Waals surface area (Å²) in [5, 5.41) is 4.14. The minimum absolute atomic E-state index is 0.0256. The van der Waals surface area contributed by atoms with Crippen molar-refractivity contribution in [3.63, 3.8) is 0 Å². The number of anilines is 1. The van der Waals surface area contributed by atoms with Gasteiger partial charge < -0.3 is 14.2 Å². The van der Waals surface area contributed by atoms with E-state index in [9.17, 15) is 9.59 Å². The van der Waals surface area contributed by atoms with E-state index >= 15 is 0 Å². The third kappa shape index (κ3) is 3.25. The maximum absolute atomic E-state index is 12.5. The molecule has 0 bridgehead atoms. The number of hydrogen-bond acceptors (Lipinski definition) is 5. The van der Waals surface area contributed by atoms with Crippen LogP contribution < -0.4 is 4.90 Å². The van der Waals surface area contributed by atoms with Gasteiger partial charge in [-0.05, 0) is 40.5 Å². The molecule has 0 aromatic carbocycles. The summed E-state index contributed by atoms with van der Waals surface area (Å²) in [7, 11) is 0. The van der Waals surface area contributed by atoms with Crippen LogP contribution in [0.5, 0.6) is 0 Å². The third-order valence-corrected chi connectivity index (χ3v) is 4.39. The average Bonchev–Trinajstić information content (AvgIpc) is 2.87. The van der Waals surface area contributed by atoms with Gasteiger partial charge in [0.05, 0.1) is 17.8 Å². The van der Waals surface area contributed by atoms with Gasteiger partial charge in [-0.3, -0.25) is 9.69 Å². The summed E-state index contributed by atoms with van der Waals surface area (Å²) in [5.74, 6) is 0.554. The van der Waals surface area contributed by atoms with Crippen molar-refractivity contribution in [3.05, 3.63) is 11.3 Å². The summed E-state index contributed by atoms with van der Waals surface area (Å²) in [4.78, 5) is 28.0. The first-order valence-electron chi connectivity index (χ1n) is 8.53. The molecular formula is C17H25N3O4. The smallest absolute Gasteiger partial charge is 0.410 e. The Kier molecular flexibility index (Phi) is 4.27. The second-order valence-electron chi connectivity index (χ2n) is 7.58. The summed E-state index contributed by atoms with van der Waals surface area (Å²) in [5.41, 5.74) is 1.11. The predicted molar refractivity (Wildman–Crippen MR) is 87.7 cm³/mol. The lowest BCUT2D eigenvalue weighted by Gasteiger charge is -2.35. The highest BCUT2D eigenvalue weighted by atomic mass is 16.6. The van der Waals surface area contributed by atoms with Gasteiger partial charge in [0, 0.05) is 25.4 Å². The van der Waals surface area contributed by atoms with Crippen LogP contribution in [0.4, 0.5) is 10.7 Å². The van der Waals surface area contributed by atoms with Crippen LogP contribution in [-0.4, -0.2) is 40.2 Å². The van der Waals surface area contributed by atoms with Crippen LogP contribution in [0.1, 0.15) is 58.2 Å². The summed E-state index contributed by atoms with van der Waals surface area (Å²) in [6, 6.07) is -0.0256. The van der Waals surface area contributed by atoms with Gasteiger partial charge in [-0.15, -0.1) is 0 Å². The molecule has 0 radical (unpaired) electrons. The fourth-order valence-corrected chi connectivity index (χ4v) is 3.17. The van der Waals surface area contributed by atoms with Crippen LogP contribution in [0.3, 0.4) is 0 Å². The number of fused-ring (bicyclic) bond motifs is 1. The molecule has 0 saturated carbocycles. The molecule has 7 nitrogen and oxygen atoms in total. The normalized spacial score (nSPS) is 21.7. The zero-order chi connectivity index (χ0) is 17.5. The van der Waals surface area contributed by atoms with E-state index in [1.54, 1.807) is 9.80 Å². The van der Waals surface area contributed by atoms with E-state index in [4.69, 9.17) is 9.26 Å². The topological polar surface area (TPSA) is 75.9 Å². The highest BCUT2D eigenvalue weighted by Gasteiger charge is 2.36. The molecule has 2 aliphatic heterocycles. The number of rotatable bonds is 1. The van der Waals surface area contributed by atoms with Crippen molar-refractivity contribution < 1.29 is 18.8 Å². The Hall–Kier alpha value is -2.05. The number of carbonyl (C=O) groups is 2. The highest BCUT2D eigenvalue weighted by molar-refractivity contribution is 5.93. The van der Waals surface area contributed by atoms with Crippen LogP contribution in [0.15, 0.2) is 4.52 Å². The Morgan fingerprint density at radius 2 is 2.08 bits per heavy atom. The van der Waals surface area contributed by atoms with Crippen molar-refractivity contribution in [1.29, 1.82) is 0 Å². The second-order valence-corrected chi connectivity index (χ2v) is 7.58. The molecule has 3 rings (SSSR count). The van der Waals surface area contributed by atoms with Crippen molar-refractivity contribution in [2.24, 2.45) is 0 Å². The van der Waals surface area contributed by atoms with Gasteiger partial charge in [0.15, 0.2) is 0 Å². The average molecular weight is 335 g/mol. The molecule has 1 aromatic heterocycles. The molecule has 24 heavy (non-hydrogen) atoms. The lowest BCUT2D eigenvalue weighted by atomic mass is 10.0. The number of amides is 2. The summed E-state index contributed by atoms with van der Waals surface area (Å²) < 4.78 is 11.0. The van der Waals surface area contributed by atoms with Gasteiger partial charge in [-0.2, -0.15) is 0 Å². The molecule has 1 saturated heterocycles. The molecule has 2 amide bonds. The van der Waals surface area contributed by atoms with E-state index in [-0.39, 0.29) is 18.0 Å². The van der Waals surface area contributed by atoms with Crippen molar-refractivity contribution in [1.82, 2.24) is 10.1 Å². The lowest BCUT2D eigenvalue weighted by Crippen LogP contribution is -2.45. The molecular weight excluding hydrogens is 310 g/mol. The lowest BCUT2D eigenvalue weighted by molar-refractivity contribution is -0.119. The SMILES string of the molecule is C[C@H]1Cc2noc(N3CCCCC3=O)c2CN1C(=O)OC(C)(C)C. The maximum atomic E-state index is 12.5. The zero-order valence-corrected chi connectivity index (χ0v) is 14.8. The molecule has 132 valence electrons. The predicted octanol–water partition coefficient (Wildman–Crippen LogP) is 2.87. The van der Waals surface area contributed by atoms with E-state index in [0.717, 1.165) is 24.1 Å². The number of hydrogen-bond donors (Lipinski definition) is 0. The molecule has 1 atom stereocenters. The molecule has 0 unspecified atom stereocenters. The van der Waals surface area contributed by atoms with Gasteiger partial charge in [0.2, 0.25) is 11.8 Å². The monoisotopic (exact) mass is 335 g/mol. The third-order valence-electron chi connectivity index (χ3n) is 4.39. The van der Waals surface area contributed by atoms with Crippen molar-refractivity contribution in [2.75, 3.05) is 11.4 Å². The molecule has 1 aromatic rings. The molecule has 0 aliphatic carbocycles. The Morgan fingerprint density at radius 1 is 1.33 bits per heavy atom.